The SMILES string of the molecule is COc1cc2c(cc1OC)[C@@H]1O[C@](c3ccsc3)(C2)OC2=C1C(=O)OC1(CCCCC1)C2. The minimum absolute atomic E-state index is 0.320. The molecule has 2 aromatic rings. The van der Waals surface area contributed by atoms with Crippen molar-refractivity contribution in [3.8, 4) is 11.5 Å². The Hall–Kier alpha value is -2.51. The summed E-state index contributed by atoms with van der Waals surface area (Å²) in [6.07, 6.45) is 5.67. The molecule has 1 spiro atoms. The highest BCUT2D eigenvalue weighted by Crippen LogP contribution is 2.56. The molecule has 0 N–H and O–H groups in total. The van der Waals surface area contributed by atoms with Crippen molar-refractivity contribution in [2.24, 2.45) is 0 Å². The molecule has 1 saturated carbocycles. The molecule has 2 atom stereocenters. The summed E-state index contributed by atoms with van der Waals surface area (Å²) in [6.45, 7) is 0. The second-order valence-corrected chi connectivity index (χ2v) is 9.87. The Morgan fingerprint density at radius 3 is 2.53 bits per heavy atom. The number of methoxy groups -OCH3 is 2. The van der Waals surface area contributed by atoms with E-state index in [9.17, 15) is 4.79 Å². The molecule has 6 rings (SSSR count). The molecule has 1 aromatic carbocycles. The molecule has 1 aliphatic carbocycles. The Morgan fingerprint density at radius 2 is 1.81 bits per heavy atom. The summed E-state index contributed by atoms with van der Waals surface area (Å²) in [4.78, 5) is 13.4. The summed E-state index contributed by atoms with van der Waals surface area (Å²) in [5.41, 5.74) is 2.93. The molecule has 4 heterocycles. The largest absolute Gasteiger partial charge is 0.493 e. The van der Waals surface area contributed by atoms with Crippen molar-refractivity contribution < 1.29 is 28.5 Å². The van der Waals surface area contributed by atoms with Crippen LogP contribution in [0.15, 0.2) is 40.3 Å². The summed E-state index contributed by atoms with van der Waals surface area (Å²) in [5.74, 6) is 0.697. The Balaban J connectivity index is 1.52. The van der Waals surface area contributed by atoms with E-state index in [2.05, 4.69) is 5.38 Å². The van der Waals surface area contributed by atoms with Gasteiger partial charge in [0.1, 0.15) is 23.0 Å². The second-order valence-electron chi connectivity index (χ2n) is 9.09. The van der Waals surface area contributed by atoms with Gasteiger partial charge < -0.3 is 23.7 Å². The van der Waals surface area contributed by atoms with Crippen LogP contribution in [0, 0.1) is 0 Å². The maximum atomic E-state index is 13.4. The Kier molecular flexibility index (Phi) is 4.56. The molecular weight excluding hydrogens is 428 g/mol. The number of rotatable bonds is 3. The third-order valence-electron chi connectivity index (χ3n) is 7.25. The van der Waals surface area contributed by atoms with Crippen molar-refractivity contribution in [3.05, 3.63) is 57.0 Å². The van der Waals surface area contributed by atoms with Gasteiger partial charge in [0.05, 0.1) is 14.2 Å². The second kappa shape index (κ2) is 7.25. The lowest BCUT2D eigenvalue weighted by Crippen LogP contribution is -2.50. The highest BCUT2D eigenvalue weighted by atomic mass is 32.1. The third-order valence-corrected chi connectivity index (χ3v) is 7.93. The first-order chi connectivity index (χ1) is 15.6. The van der Waals surface area contributed by atoms with Gasteiger partial charge in [0.25, 0.3) is 0 Å². The van der Waals surface area contributed by atoms with Crippen LogP contribution in [0.3, 0.4) is 0 Å². The van der Waals surface area contributed by atoms with Crippen LogP contribution in [0.5, 0.6) is 11.5 Å². The van der Waals surface area contributed by atoms with Crippen LogP contribution < -0.4 is 9.47 Å². The quantitative estimate of drug-likeness (QED) is 0.597. The molecule has 32 heavy (non-hydrogen) atoms. The molecule has 6 nitrogen and oxygen atoms in total. The molecule has 3 aliphatic heterocycles. The normalized spacial score (nSPS) is 27.8. The first kappa shape index (κ1) is 20.1. The van der Waals surface area contributed by atoms with E-state index in [1.165, 1.54) is 6.42 Å². The van der Waals surface area contributed by atoms with Crippen molar-refractivity contribution in [1.82, 2.24) is 0 Å². The molecule has 0 saturated heterocycles. The number of carbonyl (C=O) groups excluding carboxylic acids is 1. The van der Waals surface area contributed by atoms with Crippen LogP contribution in [0.4, 0.5) is 0 Å². The summed E-state index contributed by atoms with van der Waals surface area (Å²) in [6, 6.07) is 5.93. The number of hydrogen-bond donors (Lipinski definition) is 0. The molecule has 7 heteroatoms. The zero-order valence-corrected chi connectivity index (χ0v) is 19.1. The van der Waals surface area contributed by atoms with E-state index >= 15 is 0 Å². The van der Waals surface area contributed by atoms with Crippen LogP contribution in [0.25, 0.3) is 0 Å². The summed E-state index contributed by atoms with van der Waals surface area (Å²) in [5, 5.41) is 4.09. The topological polar surface area (TPSA) is 63.2 Å². The minimum atomic E-state index is -0.969. The summed E-state index contributed by atoms with van der Waals surface area (Å²) < 4.78 is 30.5. The average Bonchev–Trinajstić information content (AvgIpc) is 3.34. The first-order valence-corrected chi connectivity index (χ1v) is 12.1. The zero-order valence-electron chi connectivity index (χ0n) is 18.3. The molecule has 0 unspecified atom stereocenters. The molecular formula is C25H26O6S. The van der Waals surface area contributed by atoms with Crippen LogP contribution >= 0.6 is 11.3 Å². The lowest BCUT2D eigenvalue weighted by Gasteiger charge is -2.50. The van der Waals surface area contributed by atoms with Crippen molar-refractivity contribution in [2.75, 3.05) is 14.2 Å². The molecule has 4 aliphatic rings. The number of fused-ring (bicyclic) bond motifs is 5. The van der Waals surface area contributed by atoms with Crippen LogP contribution in [-0.2, 0) is 31.2 Å². The van der Waals surface area contributed by atoms with Gasteiger partial charge in [-0.2, -0.15) is 11.3 Å². The lowest BCUT2D eigenvalue weighted by atomic mass is 9.77. The third kappa shape index (κ3) is 2.90. The van der Waals surface area contributed by atoms with Gasteiger partial charge in [-0.3, -0.25) is 0 Å². The van der Waals surface area contributed by atoms with E-state index in [0.29, 0.717) is 29.9 Å². The fraction of sp³-hybridized carbons (Fsp3) is 0.480. The van der Waals surface area contributed by atoms with Gasteiger partial charge in [0, 0.05) is 23.8 Å². The van der Waals surface area contributed by atoms with Crippen molar-refractivity contribution in [3.63, 3.8) is 0 Å². The van der Waals surface area contributed by atoms with Gasteiger partial charge >= 0.3 is 5.97 Å². The lowest BCUT2D eigenvalue weighted by molar-refractivity contribution is -0.278. The number of hydrogen-bond acceptors (Lipinski definition) is 7. The predicted octanol–water partition coefficient (Wildman–Crippen LogP) is 5.17. The van der Waals surface area contributed by atoms with E-state index in [1.54, 1.807) is 25.6 Å². The Morgan fingerprint density at radius 1 is 1.03 bits per heavy atom. The highest BCUT2D eigenvalue weighted by Gasteiger charge is 2.56. The summed E-state index contributed by atoms with van der Waals surface area (Å²) >= 11 is 1.61. The smallest absolute Gasteiger partial charge is 0.341 e. The van der Waals surface area contributed by atoms with Crippen molar-refractivity contribution >= 4 is 17.3 Å². The maximum Gasteiger partial charge on any atom is 0.341 e. The number of esters is 1. The molecule has 2 bridgehead atoms. The fourth-order valence-corrected chi connectivity index (χ4v) is 6.38. The number of thiophene rings is 1. The number of benzene rings is 1. The van der Waals surface area contributed by atoms with Gasteiger partial charge in [0.15, 0.2) is 11.5 Å². The molecule has 0 amide bonds. The standard InChI is InChI=1S/C25H26O6S/c1-27-18-10-15-12-25(16-6-9-32-14-16)29-20-13-24(7-4-3-5-8-24)31-23(26)21(20)22(30-25)17(15)11-19(18)28-2/h6,9-11,14,22H,3-5,7-8,12-13H2,1-2H3/t22-,25-/m0/s1. The molecule has 1 aromatic heterocycles. The minimum Gasteiger partial charge on any atom is -0.493 e. The zero-order chi connectivity index (χ0) is 21.9. The van der Waals surface area contributed by atoms with E-state index in [-0.39, 0.29) is 5.97 Å². The van der Waals surface area contributed by atoms with Crippen LogP contribution in [-0.4, -0.2) is 25.8 Å². The molecule has 0 radical (unpaired) electrons. The van der Waals surface area contributed by atoms with Gasteiger partial charge in [-0.15, -0.1) is 0 Å². The van der Waals surface area contributed by atoms with E-state index in [1.807, 2.05) is 23.6 Å². The van der Waals surface area contributed by atoms with Crippen molar-refractivity contribution in [2.45, 2.75) is 62.4 Å². The monoisotopic (exact) mass is 454 g/mol. The first-order valence-electron chi connectivity index (χ1n) is 11.2. The van der Waals surface area contributed by atoms with Gasteiger partial charge in [-0.1, -0.05) is 6.42 Å². The van der Waals surface area contributed by atoms with E-state index in [0.717, 1.165) is 48.1 Å². The number of carbonyl (C=O) groups is 1. The van der Waals surface area contributed by atoms with Crippen LogP contribution in [0.2, 0.25) is 0 Å². The van der Waals surface area contributed by atoms with Gasteiger partial charge in [-0.05, 0) is 60.4 Å². The Bertz CT molecular complexity index is 1100. The van der Waals surface area contributed by atoms with Gasteiger partial charge in [-0.25, -0.2) is 4.79 Å². The van der Waals surface area contributed by atoms with E-state index < -0.39 is 17.5 Å². The highest BCUT2D eigenvalue weighted by molar-refractivity contribution is 7.08. The summed E-state index contributed by atoms with van der Waals surface area (Å²) in [7, 11) is 3.23. The number of ether oxygens (including phenoxy) is 5. The average molecular weight is 455 g/mol. The van der Waals surface area contributed by atoms with Gasteiger partial charge in [0.2, 0.25) is 5.79 Å². The maximum absolute atomic E-state index is 13.4. The molecule has 168 valence electrons. The van der Waals surface area contributed by atoms with Crippen molar-refractivity contribution in [1.29, 1.82) is 0 Å². The fourth-order valence-electron chi connectivity index (χ4n) is 5.67. The van der Waals surface area contributed by atoms with Crippen LogP contribution in [0.1, 0.15) is 61.3 Å². The van der Waals surface area contributed by atoms with E-state index in [4.69, 9.17) is 23.7 Å². The predicted molar refractivity (Wildman–Crippen MR) is 118 cm³/mol. The molecule has 1 fully saturated rings. The Labute approximate surface area is 191 Å².